The Kier molecular flexibility index (Phi) is 3.98. The zero-order valence-electron chi connectivity index (χ0n) is 8.05. The van der Waals surface area contributed by atoms with Gasteiger partial charge in [0.2, 0.25) is 0 Å². The van der Waals surface area contributed by atoms with Crippen molar-refractivity contribution >= 4 is 0 Å². The minimum Gasteiger partial charge on any atom is -0.375 e. The lowest BCUT2D eigenvalue weighted by molar-refractivity contribution is -0.0418. The number of rotatable bonds is 3. The van der Waals surface area contributed by atoms with E-state index >= 15 is 0 Å². The maximum atomic E-state index is 5.63. The zero-order valence-corrected chi connectivity index (χ0v) is 8.05. The Balaban J connectivity index is 2.24. The number of hydrogen-bond donors (Lipinski definition) is 2. The van der Waals surface area contributed by atoms with Crippen LogP contribution in [0.15, 0.2) is 0 Å². The Bertz CT molecular complexity index is 120. The molecule has 1 heterocycles. The summed E-state index contributed by atoms with van der Waals surface area (Å²) in [6.45, 7) is 5.91. The molecule has 0 aromatic carbocycles. The molecule has 12 heavy (non-hydrogen) atoms. The summed E-state index contributed by atoms with van der Waals surface area (Å²) >= 11 is 0. The van der Waals surface area contributed by atoms with Crippen molar-refractivity contribution in [1.29, 1.82) is 0 Å². The van der Waals surface area contributed by atoms with Crippen LogP contribution in [-0.2, 0) is 4.74 Å². The standard InChI is InChI=1S/C9H20N2O/c1-7-5-9(11-4-3-10)6-8(2)12-7/h7-9,11H,3-6,10H2,1-2H3. The fraction of sp³-hybridized carbons (Fsp3) is 1.00. The SMILES string of the molecule is CC1CC(NCCN)CC(C)O1. The quantitative estimate of drug-likeness (QED) is 0.651. The van der Waals surface area contributed by atoms with Crippen molar-refractivity contribution in [2.75, 3.05) is 13.1 Å². The molecule has 72 valence electrons. The van der Waals surface area contributed by atoms with Crippen LogP contribution in [0, 0.1) is 0 Å². The van der Waals surface area contributed by atoms with Crippen molar-refractivity contribution in [3.63, 3.8) is 0 Å². The third kappa shape index (κ3) is 3.09. The second-order valence-electron chi connectivity index (χ2n) is 3.67. The molecule has 0 amide bonds. The second kappa shape index (κ2) is 4.80. The highest BCUT2D eigenvalue weighted by Gasteiger charge is 2.23. The molecule has 2 unspecified atom stereocenters. The van der Waals surface area contributed by atoms with Gasteiger partial charge in [0.05, 0.1) is 12.2 Å². The van der Waals surface area contributed by atoms with Crippen LogP contribution < -0.4 is 11.1 Å². The molecule has 1 aliphatic rings. The maximum Gasteiger partial charge on any atom is 0.0565 e. The van der Waals surface area contributed by atoms with Gasteiger partial charge in [-0.1, -0.05) is 0 Å². The lowest BCUT2D eigenvalue weighted by Crippen LogP contribution is -2.42. The highest BCUT2D eigenvalue weighted by Crippen LogP contribution is 2.18. The smallest absolute Gasteiger partial charge is 0.0565 e. The van der Waals surface area contributed by atoms with Gasteiger partial charge in [-0.05, 0) is 26.7 Å². The van der Waals surface area contributed by atoms with Gasteiger partial charge in [0, 0.05) is 19.1 Å². The molecule has 1 rings (SSSR count). The molecule has 0 saturated carbocycles. The normalized spacial score (nSPS) is 36.8. The van der Waals surface area contributed by atoms with E-state index in [1.54, 1.807) is 0 Å². The first-order chi connectivity index (χ1) is 5.72. The second-order valence-corrected chi connectivity index (χ2v) is 3.67. The first-order valence-corrected chi connectivity index (χ1v) is 4.81. The third-order valence-electron chi connectivity index (χ3n) is 2.27. The molecule has 0 aliphatic carbocycles. The molecule has 3 nitrogen and oxygen atoms in total. The van der Waals surface area contributed by atoms with E-state index < -0.39 is 0 Å². The molecule has 3 heteroatoms. The summed E-state index contributed by atoms with van der Waals surface area (Å²) < 4.78 is 5.63. The lowest BCUT2D eigenvalue weighted by atomic mass is 10.00. The van der Waals surface area contributed by atoms with Crippen molar-refractivity contribution < 1.29 is 4.74 Å². The Labute approximate surface area is 74.7 Å². The molecule has 0 spiro atoms. The summed E-state index contributed by atoms with van der Waals surface area (Å²) in [5.41, 5.74) is 5.42. The van der Waals surface area contributed by atoms with Crippen molar-refractivity contribution in [3.8, 4) is 0 Å². The van der Waals surface area contributed by atoms with E-state index in [1.807, 2.05) is 0 Å². The highest BCUT2D eigenvalue weighted by molar-refractivity contribution is 4.78. The minimum absolute atomic E-state index is 0.393. The van der Waals surface area contributed by atoms with E-state index in [0.29, 0.717) is 18.2 Å². The van der Waals surface area contributed by atoms with Gasteiger partial charge < -0.3 is 15.8 Å². The van der Waals surface area contributed by atoms with Crippen molar-refractivity contribution in [1.82, 2.24) is 5.32 Å². The molecular formula is C9H20N2O. The summed E-state index contributed by atoms with van der Waals surface area (Å²) in [5.74, 6) is 0. The molecule has 1 saturated heterocycles. The Hall–Kier alpha value is -0.120. The van der Waals surface area contributed by atoms with Crippen LogP contribution >= 0.6 is 0 Å². The Morgan fingerprint density at radius 2 is 1.92 bits per heavy atom. The molecule has 0 bridgehead atoms. The molecular weight excluding hydrogens is 152 g/mol. The molecule has 0 aromatic heterocycles. The lowest BCUT2D eigenvalue weighted by Gasteiger charge is -2.32. The van der Waals surface area contributed by atoms with Gasteiger partial charge in [-0.25, -0.2) is 0 Å². The van der Waals surface area contributed by atoms with E-state index in [-0.39, 0.29) is 0 Å². The molecule has 0 radical (unpaired) electrons. The van der Waals surface area contributed by atoms with Gasteiger partial charge in [-0.15, -0.1) is 0 Å². The number of ether oxygens (including phenoxy) is 1. The van der Waals surface area contributed by atoms with Crippen molar-refractivity contribution in [2.24, 2.45) is 5.73 Å². The Morgan fingerprint density at radius 3 is 2.42 bits per heavy atom. The highest BCUT2D eigenvalue weighted by atomic mass is 16.5. The minimum atomic E-state index is 0.393. The predicted molar refractivity (Wildman–Crippen MR) is 50.1 cm³/mol. The predicted octanol–water partition coefficient (Wildman–Crippen LogP) is 0.491. The summed E-state index contributed by atoms with van der Waals surface area (Å²) in [4.78, 5) is 0. The van der Waals surface area contributed by atoms with Gasteiger partial charge >= 0.3 is 0 Å². The molecule has 2 atom stereocenters. The van der Waals surface area contributed by atoms with Crippen LogP contribution in [0.4, 0.5) is 0 Å². The number of nitrogens with two attached hydrogens (primary N) is 1. The zero-order chi connectivity index (χ0) is 8.97. The van der Waals surface area contributed by atoms with Gasteiger partial charge in [0.25, 0.3) is 0 Å². The molecule has 1 fully saturated rings. The topological polar surface area (TPSA) is 47.3 Å². The first-order valence-electron chi connectivity index (χ1n) is 4.81. The van der Waals surface area contributed by atoms with E-state index in [9.17, 15) is 0 Å². The number of hydrogen-bond acceptors (Lipinski definition) is 3. The molecule has 1 aliphatic heterocycles. The van der Waals surface area contributed by atoms with Crippen LogP contribution in [0.1, 0.15) is 26.7 Å². The van der Waals surface area contributed by atoms with Crippen LogP contribution in [0.5, 0.6) is 0 Å². The van der Waals surface area contributed by atoms with Crippen LogP contribution in [0.2, 0.25) is 0 Å². The van der Waals surface area contributed by atoms with E-state index in [2.05, 4.69) is 19.2 Å². The molecule has 0 aromatic rings. The van der Waals surface area contributed by atoms with E-state index in [4.69, 9.17) is 10.5 Å². The largest absolute Gasteiger partial charge is 0.375 e. The van der Waals surface area contributed by atoms with Gasteiger partial charge in [-0.3, -0.25) is 0 Å². The van der Waals surface area contributed by atoms with Crippen molar-refractivity contribution in [2.45, 2.75) is 44.9 Å². The summed E-state index contributed by atoms with van der Waals surface area (Å²) in [6, 6.07) is 0.604. The average Bonchev–Trinajstić information content (AvgIpc) is 1.99. The van der Waals surface area contributed by atoms with E-state index in [1.165, 1.54) is 0 Å². The summed E-state index contributed by atoms with van der Waals surface area (Å²) in [6.07, 6.45) is 3.02. The van der Waals surface area contributed by atoms with E-state index in [0.717, 1.165) is 25.9 Å². The summed E-state index contributed by atoms with van der Waals surface area (Å²) in [7, 11) is 0. The van der Waals surface area contributed by atoms with Crippen LogP contribution in [0.25, 0.3) is 0 Å². The Morgan fingerprint density at radius 1 is 1.33 bits per heavy atom. The van der Waals surface area contributed by atoms with Crippen molar-refractivity contribution in [3.05, 3.63) is 0 Å². The number of nitrogens with one attached hydrogen (secondary N) is 1. The average molecular weight is 172 g/mol. The fourth-order valence-electron chi connectivity index (χ4n) is 1.86. The first kappa shape index (κ1) is 9.96. The monoisotopic (exact) mass is 172 g/mol. The van der Waals surface area contributed by atoms with Gasteiger partial charge in [0.15, 0.2) is 0 Å². The fourth-order valence-corrected chi connectivity index (χ4v) is 1.86. The third-order valence-corrected chi connectivity index (χ3v) is 2.27. The van der Waals surface area contributed by atoms with Gasteiger partial charge in [0.1, 0.15) is 0 Å². The van der Waals surface area contributed by atoms with Crippen LogP contribution in [0.3, 0.4) is 0 Å². The molecule has 3 N–H and O–H groups in total. The maximum absolute atomic E-state index is 5.63. The summed E-state index contributed by atoms with van der Waals surface area (Å²) in [5, 5.41) is 3.43. The van der Waals surface area contributed by atoms with Crippen LogP contribution in [-0.4, -0.2) is 31.3 Å². The van der Waals surface area contributed by atoms with Gasteiger partial charge in [-0.2, -0.15) is 0 Å².